The Hall–Kier alpha value is -3.40. The Morgan fingerprint density at radius 3 is 2.20 bits per heavy atom. The molecule has 1 amide bonds. The van der Waals surface area contributed by atoms with E-state index in [1.165, 1.54) is 17.0 Å². The zero-order valence-corrected chi connectivity index (χ0v) is 20.8. The molecule has 0 aliphatic heterocycles. The molecular weight excluding hydrogens is 466 g/mol. The average molecular weight is 498 g/mol. The third-order valence-corrected chi connectivity index (χ3v) is 6.10. The first kappa shape index (κ1) is 26.2. The van der Waals surface area contributed by atoms with Gasteiger partial charge in [-0.3, -0.25) is 9.52 Å². The minimum Gasteiger partial charge on any atom is -0.506 e. The van der Waals surface area contributed by atoms with Gasteiger partial charge in [0.1, 0.15) is 5.75 Å². The van der Waals surface area contributed by atoms with Crippen LogP contribution in [0.25, 0.3) is 0 Å². The number of rotatable bonds is 10. The summed E-state index contributed by atoms with van der Waals surface area (Å²) in [6.07, 6.45) is 0.691. The molecule has 2 unspecified atom stereocenters. The monoisotopic (exact) mass is 497 g/mol. The van der Waals surface area contributed by atoms with Crippen LogP contribution in [0.4, 0.5) is 5.69 Å². The lowest BCUT2D eigenvalue weighted by Gasteiger charge is -2.22. The van der Waals surface area contributed by atoms with Crippen molar-refractivity contribution in [1.82, 2.24) is 10.2 Å². The Morgan fingerprint density at radius 2 is 1.60 bits per heavy atom. The van der Waals surface area contributed by atoms with Gasteiger partial charge < -0.3 is 20.4 Å². The predicted octanol–water partition coefficient (Wildman–Crippen LogP) is 3.07. The third kappa shape index (κ3) is 7.54. The number of carbonyl (C=O) groups is 1. The molecule has 0 spiro atoms. The molecule has 0 aliphatic rings. The summed E-state index contributed by atoms with van der Waals surface area (Å²) < 4.78 is 25.4. The molecule has 8 nitrogen and oxygen atoms in total. The molecule has 35 heavy (non-hydrogen) atoms. The second-order valence-electron chi connectivity index (χ2n) is 8.64. The summed E-state index contributed by atoms with van der Waals surface area (Å²) in [6.45, 7) is 0.180. The summed E-state index contributed by atoms with van der Waals surface area (Å²) in [5, 5.41) is 24.1. The highest BCUT2D eigenvalue weighted by Gasteiger charge is 2.18. The number of nitrogens with zero attached hydrogens (tertiary/aromatic N) is 1. The van der Waals surface area contributed by atoms with Gasteiger partial charge >= 0.3 is 0 Å². The number of carbonyl (C=O) groups excluding carboxylic acids is 1. The molecule has 0 heterocycles. The Labute approximate surface area is 206 Å². The highest BCUT2D eigenvalue weighted by atomic mass is 32.2. The van der Waals surface area contributed by atoms with E-state index in [1.54, 1.807) is 32.3 Å². The number of phenolic OH excluding ortho intramolecular Hbond substituents is 1. The number of aliphatic hydroxyl groups excluding tert-OH is 1. The van der Waals surface area contributed by atoms with Gasteiger partial charge in [-0.25, -0.2) is 8.42 Å². The summed E-state index contributed by atoms with van der Waals surface area (Å²) in [6, 6.07) is 21.5. The largest absolute Gasteiger partial charge is 0.506 e. The molecule has 0 aromatic heterocycles. The lowest BCUT2D eigenvalue weighted by molar-refractivity contribution is 0.0827. The zero-order chi connectivity index (χ0) is 25.6. The average Bonchev–Trinajstić information content (AvgIpc) is 2.82. The maximum absolute atomic E-state index is 12.2. The number of hydrogen-bond donors (Lipinski definition) is 4. The van der Waals surface area contributed by atoms with Crippen LogP contribution in [0.3, 0.4) is 0 Å². The minimum atomic E-state index is -3.59. The fourth-order valence-electron chi connectivity index (χ4n) is 3.69. The van der Waals surface area contributed by atoms with E-state index in [2.05, 4.69) is 10.0 Å². The van der Waals surface area contributed by atoms with Gasteiger partial charge in [-0.1, -0.05) is 48.5 Å². The highest BCUT2D eigenvalue weighted by molar-refractivity contribution is 7.92. The molecule has 0 radical (unpaired) electrons. The summed E-state index contributed by atoms with van der Waals surface area (Å²) >= 11 is 0. The van der Waals surface area contributed by atoms with Crippen LogP contribution >= 0.6 is 0 Å². The molecule has 2 atom stereocenters. The minimum absolute atomic E-state index is 0.00559. The molecule has 3 aromatic carbocycles. The summed E-state index contributed by atoms with van der Waals surface area (Å²) in [7, 11) is -0.176. The van der Waals surface area contributed by atoms with E-state index in [9.17, 15) is 23.4 Å². The van der Waals surface area contributed by atoms with Crippen LogP contribution in [0.2, 0.25) is 0 Å². The Bertz CT molecular complexity index is 1250. The van der Waals surface area contributed by atoms with Gasteiger partial charge in [0.2, 0.25) is 10.0 Å². The van der Waals surface area contributed by atoms with Crippen molar-refractivity contribution in [3.63, 3.8) is 0 Å². The highest BCUT2D eigenvalue weighted by Crippen LogP contribution is 2.28. The second-order valence-corrected chi connectivity index (χ2v) is 10.4. The van der Waals surface area contributed by atoms with Gasteiger partial charge in [0.15, 0.2) is 0 Å². The van der Waals surface area contributed by atoms with E-state index in [1.807, 2.05) is 42.5 Å². The summed E-state index contributed by atoms with van der Waals surface area (Å²) in [5.74, 6) is -0.306. The number of nitrogens with one attached hydrogen (secondary N) is 2. The van der Waals surface area contributed by atoms with Crippen LogP contribution < -0.4 is 10.0 Å². The van der Waals surface area contributed by atoms with E-state index >= 15 is 0 Å². The third-order valence-electron chi connectivity index (χ3n) is 5.51. The van der Waals surface area contributed by atoms with Gasteiger partial charge in [-0.05, 0) is 47.4 Å². The molecular formula is C26H31N3O5S. The fraction of sp³-hybridized carbons (Fsp3) is 0.269. The van der Waals surface area contributed by atoms with Crippen molar-refractivity contribution in [1.29, 1.82) is 0 Å². The first-order chi connectivity index (χ1) is 16.5. The molecule has 0 fully saturated rings. The van der Waals surface area contributed by atoms with E-state index < -0.39 is 16.1 Å². The Balaban J connectivity index is 1.79. The molecule has 9 heteroatoms. The topological polar surface area (TPSA) is 119 Å². The van der Waals surface area contributed by atoms with Crippen LogP contribution in [-0.4, -0.2) is 56.3 Å². The molecule has 3 aromatic rings. The van der Waals surface area contributed by atoms with Crippen LogP contribution in [0, 0.1) is 0 Å². The van der Waals surface area contributed by atoms with Crippen LogP contribution in [0.15, 0.2) is 72.8 Å². The molecule has 3 rings (SSSR count). The number of aliphatic hydroxyl groups is 1. The summed E-state index contributed by atoms with van der Waals surface area (Å²) in [5.41, 5.74) is 3.11. The zero-order valence-electron chi connectivity index (χ0n) is 20.0. The van der Waals surface area contributed by atoms with Gasteiger partial charge in [0, 0.05) is 32.2 Å². The summed E-state index contributed by atoms with van der Waals surface area (Å²) in [4.78, 5) is 13.8. The van der Waals surface area contributed by atoms with Crippen molar-refractivity contribution < 1.29 is 23.4 Å². The van der Waals surface area contributed by atoms with E-state index in [0.29, 0.717) is 17.5 Å². The van der Waals surface area contributed by atoms with Gasteiger partial charge in [-0.15, -0.1) is 0 Å². The fourth-order valence-corrected chi connectivity index (χ4v) is 4.25. The molecule has 186 valence electrons. The van der Waals surface area contributed by atoms with Crippen molar-refractivity contribution in [2.75, 3.05) is 31.6 Å². The molecule has 0 aliphatic carbocycles. The number of benzene rings is 3. The van der Waals surface area contributed by atoms with Gasteiger partial charge in [-0.2, -0.15) is 0 Å². The van der Waals surface area contributed by atoms with E-state index in [-0.39, 0.29) is 29.9 Å². The lowest BCUT2D eigenvalue weighted by Crippen LogP contribution is -2.28. The standard InChI is InChI=1S/C26H31N3O5S/c1-29(2)26(32)20-11-9-19(10-12-20)22(15-18-7-5-4-6-8-18)27-17-25(31)21-13-14-24(30)23(16-21)28-35(3,33)34/h4-14,16,22,25,27-28,30-31H,15,17H2,1-3H3. The van der Waals surface area contributed by atoms with Crippen molar-refractivity contribution >= 4 is 21.6 Å². The molecule has 0 saturated heterocycles. The van der Waals surface area contributed by atoms with Crippen molar-refractivity contribution in [2.24, 2.45) is 0 Å². The van der Waals surface area contributed by atoms with Crippen molar-refractivity contribution in [3.05, 3.63) is 95.1 Å². The first-order valence-corrected chi connectivity index (χ1v) is 13.0. The number of sulfonamides is 1. The number of amides is 1. The van der Waals surface area contributed by atoms with E-state index in [4.69, 9.17) is 0 Å². The quantitative estimate of drug-likeness (QED) is 0.320. The smallest absolute Gasteiger partial charge is 0.253 e. The van der Waals surface area contributed by atoms with Crippen LogP contribution in [0.1, 0.15) is 39.2 Å². The number of anilines is 1. The first-order valence-electron chi connectivity index (χ1n) is 11.1. The van der Waals surface area contributed by atoms with Gasteiger partial charge in [0.05, 0.1) is 18.0 Å². The van der Waals surface area contributed by atoms with Crippen molar-refractivity contribution in [3.8, 4) is 5.75 Å². The molecule has 4 N–H and O–H groups in total. The SMILES string of the molecule is CN(C)C(=O)c1ccc(C(Cc2ccccc2)NCC(O)c2ccc(O)c(NS(C)(=O)=O)c2)cc1. The maximum Gasteiger partial charge on any atom is 0.253 e. The predicted molar refractivity (Wildman–Crippen MR) is 137 cm³/mol. The lowest BCUT2D eigenvalue weighted by atomic mass is 9.97. The van der Waals surface area contributed by atoms with Crippen molar-refractivity contribution in [2.45, 2.75) is 18.6 Å². The number of hydrogen-bond acceptors (Lipinski definition) is 6. The molecule has 0 bridgehead atoms. The van der Waals surface area contributed by atoms with Crippen LogP contribution in [0.5, 0.6) is 5.75 Å². The Morgan fingerprint density at radius 1 is 0.971 bits per heavy atom. The second kappa shape index (κ2) is 11.4. The van der Waals surface area contributed by atoms with Crippen LogP contribution in [-0.2, 0) is 16.4 Å². The van der Waals surface area contributed by atoms with Gasteiger partial charge in [0.25, 0.3) is 5.91 Å². The molecule has 0 saturated carbocycles. The van der Waals surface area contributed by atoms with E-state index in [0.717, 1.165) is 17.4 Å². The number of phenols is 1. The normalized spacial score (nSPS) is 13.1. The number of aromatic hydroxyl groups is 1. The maximum atomic E-state index is 12.2. The Kier molecular flexibility index (Phi) is 8.50.